The molecule has 0 aromatic heterocycles. The number of aliphatic hydroxyl groups is 3. The summed E-state index contributed by atoms with van der Waals surface area (Å²) < 4.78 is 10.0. The van der Waals surface area contributed by atoms with E-state index in [2.05, 4.69) is 0 Å². The molecule has 3 rings (SSSR count). The van der Waals surface area contributed by atoms with E-state index in [-0.39, 0.29) is 11.7 Å². The first-order chi connectivity index (χ1) is 11.0. The molecule has 6 nitrogen and oxygen atoms in total. The lowest BCUT2D eigenvalue weighted by Crippen LogP contribution is -2.37. The third-order valence-electron chi connectivity index (χ3n) is 4.33. The molecule has 2 aliphatic rings. The summed E-state index contributed by atoms with van der Waals surface area (Å²) in [5.74, 6) is 1.72. The van der Waals surface area contributed by atoms with Crippen LogP contribution in [-0.4, -0.2) is 60.2 Å². The third kappa shape index (κ3) is 3.71. The number of methoxy groups -OCH3 is 2. The highest BCUT2D eigenvalue weighted by molar-refractivity contribution is 5.39. The third-order valence-corrected chi connectivity index (χ3v) is 4.33. The van der Waals surface area contributed by atoms with Gasteiger partial charge in [-0.2, -0.15) is 0 Å². The number of allylic oxidation sites excluding steroid dienone is 1. The molecule has 0 spiro atoms. The van der Waals surface area contributed by atoms with Crippen molar-refractivity contribution >= 4 is 0 Å². The zero-order valence-electron chi connectivity index (χ0n) is 13.8. The first kappa shape index (κ1) is 17.4. The largest absolute Gasteiger partial charge is 0.508 e. The van der Waals surface area contributed by atoms with Crippen LogP contribution in [0.1, 0.15) is 12.8 Å². The van der Waals surface area contributed by atoms with Gasteiger partial charge in [-0.25, -0.2) is 0 Å². The predicted molar refractivity (Wildman–Crippen MR) is 86.6 cm³/mol. The quantitative estimate of drug-likeness (QED) is 0.766. The first-order valence-corrected chi connectivity index (χ1v) is 7.66. The molecule has 6 heteroatoms. The molecule has 0 radical (unpaired) electrons. The Balaban J connectivity index is 0.000000174. The second-order valence-electron chi connectivity index (χ2n) is 5.78. The Bertz CT molecular complexity index is 537. The number of hydrogen-bond acceptors (Lipinski definition) is 6. The van der Waals surface area contributed by atoms with Crippen molar-refractivity contribution in [1.82, 2.24) is 4.90 Å². The number of ether oxygens (including phenoxy) is 2. The summed E-state index contributed by atoms with van der Waals surface area (Å²) in [4.78, 5) is 1.95. The minimum Gasteiger partial charge on any atom is -0.508 e. The number of fused-ring (bicyclic) bond motifs is 1. The maximum atomic E-state index is 9.62. The van der Waals surface area contributed by atoms with Gasteiger partial charge in [0.15, 0.2) is 11.5 Å². The van der Waals surface area contributed by atoms with Crippen LogP contribution in [0.15, 0.2) is 35.7 Å². The Hall–Kier alpha value is -1.92. The Labute approximate surface area is 136 Å². The highest BCUT2D eigenvalue weighted by atomic mass is 16.5. The minimum absolute atomic E-state index is 0.0382. The van der Waals surface area contributed by atoms with Gasteiger partial charge in [0, 0.05) is 19.5 Å². The van der Waals surface area contributed by atoms with Crippen molar-refractivity contribution < 1.29 is 24.8 Å². The maximum Gasteiger partial charge on any atom is 0.160 e. The van der Waals surface area contributed by atoms with Crippen molar-refractivity contribution in [3.8, 4) is 11.5 Å². The topological polar surface area (TPSA) is 82.4 Å². The van der Waals surface area contributed by atoms with Crippen LogP contribution in [0, 0.1) is 5.92 Å². The number of benzene rings is 1. The molecule has 0 amide bonds. The van der Waals surface area contributed by atoms with Crippen molar-refractivity contribution in [3.05, 3.63) is 35.7 Å². The highest BCUT2D eigenvalue weighted by Crippen LogP contribution is 2.37. The van der Waals surface area contributed by atoms with Crippen LogP contribution in [0.4, 0.5) is 0 Å². The molecule has 0 bridgehead atoms. The van der Waals surface area contributed by atoms with E-state index >= 15 is 0 Å². The summed E-state index contributed by atoms with van der Waals surface area (Å²) >= 11 is 0. The molecule has 1 aliphatic carbocycles. The SMILES string of the molecule is CN1CCC2CC(O)C(O)C(O)=C21.COc1ccccc1OC. The Morgan fingerprint density at radius 2 is 1.65 bits per heavy atom. The highest BCUT2D eigenvalue weighted by Gasteiger charge is 2.39. The van der Waals surface area contributed by atoms with Gasteiger partial charge in [-0.3, -0.25) is 0 Å². The molecule has 1 heterocycles. The second kappa shape index (κ2) is 7.57. The summed E-state index contributed by atoms with van der Waals surface area (Å²) in [6.45, 7) is 0.892. The van der Waals surface area contributed by atoms with Crippen LogP contribution in [0.2, 0.25) is 0 Å². The summed E-state index contributed by atoms with van der Waals surface area (Å²) in [7, 11) is 5.14. The zero-order valence-corrected chi connectivity index (χ0v) is 13.8. The summed E-state index contributed by atoms with van der Waals surface area (Å²) in [6.07, 6.45) is -0.378. The van der Waals surface area contributed by atoms with E-state index in [1.165, 1.54) is 0 Å². The van der Waals surface area contributed by atoms with Crippen molar-refractivity contribution in [2.24, 2.45) is 5.92 Å². The van der Waals surface area contributed by atoms with Gasteiger partial charge in [0.25, 0.3) is 0 Å². The number of hydrogen-bond donors (Lipinski definition) is 3. The van der Waals surface area contributed by atoms with Gasteiger partial charge in [0.05, 0.1) is 26.0 Å². The van der Waals surface area contributed by atoms with Gasteiger partial charge in [0.2, 0.25) is 0 Å². The fourth-order valence-electron chi connectivity index (χ4n) is 3.09. The van der Waals surface area contributed by atoms with Gasteiger partial charge in [-0.15, -0.1) is 0 Å². The average Bonchev–Trinajstić information content (AvgIpc) is 2.94. The van der Waals surface area contributed by atoms with Crippen LogP contribution in [0.25, 0.3) is 0 Å². The van der Waals surface area contributed by atoms with Crippen molar-refractivity contribution in [2.45, 2.75) is 25.0 Å². The molecule has 0 saturated carbocycles. The van der Waals surface area contributed by atoms with Crippen LogP contribution in [0.3, 0.4) is 0 Å². The number of aliphatic hydroxyl groups excluding tert-OH is 3. The molecular formula is C17H25NO5. The van der Waals surface area contributed by atoms with Crippen LogP contribution < -0.4 is 9.47 Å². The smallest absolute Gasteiger partial charge is 0.160 e. The fraction of sp³-hybridized carbons (Fsp3) is 0.529. The van der Waals surface area contributed by atoms with Crippen molar-refractivity contribution in [3.63, 3.8) is 0 Å². The fourth-order valence-corrected chi connectivity index (χ4v) is 3.09. The van der Waals surface area contributed by atoms with Gasteiger partial charge in [-0.1, -0.05) is 12.1 Å². The Morgan fingerprint density at radius 3 is 2.17 bits per heavy atom. The molecule has 3 unspecified atom stereocenters. The van der Waals surface area contributed by atoms with E-state index in [0.717, 1.165) is 30.2 Å². The molecule has 1 aromatic carbocycles. The standard InChI is InChI=1S/C9H15NO3.C8H10O2/c1-10-3-2-5-4-6(11)8(12)9(13)7(5)10;1-9-7-5-3-4-6-8(7)10-2/h5-6,8,11-13H,2-4H2,1H3;3-6H,1-2H3. The van der Waals surface area contributed by atoms with Crippen molar-refractivity contribution in [2.75, 3.05) is 27.8 Å². The molecule has 1 saturated heterocycles. The van der Waals surface area contributed by atoms with E-state index in [0.29, 0.717) is 6.42 Å². The van der Waals surface area contributed by atoms with Crippen LogP contribution >= 0.6 is 0 Å². The van der Waals surface area contributed by atoms with Crippen molar-refractivity contribution in [1.29, 1.82) is 0 Å². The summed E-state index contributed by atoms with van der Waals surface area (Å²) in [5, 5.41) is 28.5. The number of likely N-dealkylation sites (tertiary alicyclic amines) is 1. The first-order valence-electron chi connectivity index (χ1n) is 7.66. The van der Waals surface area contributed by atoms with Gasteiger partial charge >= 0.3 is 0 Å². The van der Waals surface area contributed by atoms with E-state index in [9.17, 15) is 15.3 Å². The lowest BCUT2D eigenvalue weighted by Gasteiger charge is -2.30. The number of nitrogens with zero attached hydrogens (tertiary/aromatic N) is 1. The monoisotopic (exact) mass is 323 g/mol. The van der Waals surface area contributed by atoms with Crippen LogP contribution in [-0.2, 0) is 0 Å². The lowest BCUT2D eigenvalue weighted by atomic mass is 9.87. The minimum atomic E-state index is -1.09. The molecule has 1 fully saturated rings. The molecule has 3 atom stereocenters. The number of para-hydroxylation sites is 2. The molecule has 128 valence electrons. The normalized spacial score (nSPS) is 26.3. The van der Waals surface area contributed by atoms with E-state index in [4.69, 9.17) is 9.47 Å². The molecule has 1 aromatic rings. The van der Waals surface area contributed by atoms with E-state index in [1.807, 2.05) is 36.2 Å². The second-order valence-corrected chi connectivity index (χ2v) is 5.78. The molecule has 3 N–H and O–H groups in total. The molecule has 1 aliphatic heterocycles. The van der Waals surface area contributed by atoms with E-state index in [1.54, 1.807) is 14.2 Å². The summed E-state index contributed by atoms with van der Waals surface area (Å²) in [6, 6.07) is 7.53. The average molecular weight is 323 g/mol. The lowest BCUT2D eigenvalue weighted by molar-refractivity contribution is -0.00736. The molecular weight excluding hydrogens is 298 g/mol. The van der Waals surface area contributed by atoms with Gasteiger partial charge in [0.1, 0.15) is 11.9 Å². The maximum absolute atomic E-state index is 9.62. The summed E-state index contributed by atoms with van der Waals surface area (Å²) in [5.41, 5.74) is 0.817. The number of rotatable bonds is 2. The van der Waals surface area contributed by atoms with E-state index < -0.39 is 12.2 Å². The Kier molecular flexibility index (Phi) is 5.74. The predicted octanol–water partition coefficient (Wildman–Crippen LogP) is 1.54. The molecule has 23 heavy (non-hydrogen) atoms. The van der Waals surface area contributed by atoms with Gasteiger partial charge in [-0.05, 0) is 25.0 Å². The van der Waals surface area contributed by atoms with Gasteiger partial charge < -0.3 is 29.7 Å². The zero-order chi connectivity index (χ0) is 17.0. The Morgan fingerprint density at radius 1 is 1.09 bits per heavy atom. The van der Waals surface area contributed by atoms with Crippen LogP contribution in [0.5, 0.6) is 11.5 Å².